The van der Waals surface area contributed by atoms with Crippen LogP contribution in [0.2, 0.25) is 0 Å². The number of nitrogens with zero attached hydrogens (tertiary/aromatic N) is 5. The van der Waals surface area contributed by atoms with E-state index in [0.29, 0.717) is 11.9 Å². The zero-order chi connectivity index (χ0) is 14.6. The van der Waals surface area contributed by atoms with E-state index < -0.39 is 5.91 Å². The molecule has 1 aromatic rings. The molecule has 0 spiro atoms. The van der Waals surface area contributed by atoms with E-state index >= 15 is 0 Å². The van der Waals surface area contributed by atoms with Crippen molar-refractivity contribution in [2.24, 2.45) is 11.6 Å². The molecular formula is C10H20N8O. The zero-order valence-electron chi connectivity index (χ0n) is 11.6. The number of hydrazine groups is 1. The average molecular weight is 268 g/mol. The van der Waals surface area contributed by atoms with E-state index in [1.165, 1.54) is 0 Å². The number of rotatable bonds is 6. The molecule has 106 valence electrons. The SMILES string of the molecule is CC(C)N(CC(N)=O)c1nc(NN)nc(N(C)C)n1. The van der Waals surface area contributed by atoms with Crippen molar-refractivity contribution >= 4 is 23.8 Å². The van der Waals surface area contributed by atoms with Gasteiger partial charge in [0.1, 0.15) is 0 Å². The van der Waals surface area contributed by atoms with Gasteiger partial charge in [-0.3, -0.25) is 10.2 Å². The van der Waals surface area contributed by atoms with Crippen LogP contribution < -0.4 is 26.8 Å². The first-order chi connectivity index (χ1) is 8.85. The van der Waals surface area contributed by atoms with E-state index in [0.717, 1.165) is 0 Å². The molecule has 9 nitrogen and oxygen atoms in total. The lowest BCUT2D eigenvalue weighted by Gasteiger charge is -2.26. The molecule has 1 aromatic heterocycles. The molecule has 0 fully saturated rings. The topological polar surface area (TPSA) is 126 Å². The highest BCUT2D eigenvalue weighted by Gasteiger charge is 2.18. The van der Waals surface area contributed by atoms with E-state index in [-0.39, 0.29) is 18.5 Å². The van der Waals surface area contributed by atoms with E-state index in [4.69, 9.17) is 11.6 Å². The first-order valence-electron chi connectivity index (χ1n) is 5.80. The number of carbonyl (C=O) groups excluding carboxylic acids is 1. The van der Waals surface area contributed by atoms with Gasteiger partial charge in [0.15, 0.2) is 0 Å². The molecule has 0 atom stereocenters. The fraction of sp³-hybridized carbons (Fsp3) is 0.600. The Bertz CT molecular complexity index is 447. The van der Waals surface area contributed by atoms with Crippen molar-refractivity contribution < 1.29 is 4.79 Å². The highest BCUT2D eigenvalue weighted by Crippen LogP contribution is 2.16. The average Bonchev–Trinajstić information content (AvgIpc) is 2.34. The number of aromatic nitrogens is 3. The first-order valence-corrected chi connectivity index (χ1v) is 5.80. The van der Waals surface area contributed by atoms with E-state index in [1.807, 2.05) is 13.8 Å². The summed E-state index contributed by atoms with van der Waals surface area (Å²) in [6.07, 6.45) is 0. The largest absolute Gasteiger partial charge is 0.368 e. The lowest BCUT2D eigenvalue weighted by molar-refractivity contribution is -0.116. The minimum atomic E-state index is -0.456. The molecular weight excluding hydrogens is 248 g/mol. The Morgan fingerprint density at radius 2 is 1.84 bits per heavy atom. The van der Waals surface area contributed by atoms with Gasteiger partial charge in [0, 0.05) is 20.1 Å². The fourth-order valence-electron chi connectivity index (χ4n) is 1.40. The molecule has 0 unspecified atom stereocenters. The number of hydrogen-bond acceptors (Lipinski definition) is 8. The lowest BCUT2D eigenvalue weighted by atomic mass is 10.3. The van der Waals surface area contributed by atoms with Gasteiger partial charge in [-0.25, -0.2) is 5.84 Å². The normalized spacial score (nSPS) is 10.4. The van der Waals surface area contributed by atoms with Crippen molar-refractivity contribution in [3.8, 4) is 0 Å². The number of amides is 1. The number of primary amides is 1. The van der Waals surface area contributed by atoms with Crippen molar-refractivity contribution in [3.05, 3.63) is 0 Å². The summed E-state index contributed by atoms with van der Waals surface area (Å²) in [6.45, 7) is 3.85. The van der Waals surface area contributed by atoms with Crippen LogP contribution in [0.5, 0.6) is 0 Å². The second-order valence-electron chi connectivity index (χ2n) is 4.49. The van der Waals surface area contributed by atoms with Crippen LogP contribution >= 0.6 is 0 Å². The summed E-state index contributed by atoms with van der Waals surface area (Å²) >= 11 is 0. The molecule has 0 saturated carbocycles. The monoisotopic (exact) mass is 268 g/mol. The maximum atomic E-state index is 11.1. The maximum absolute atomic E-state index is 11.1. The van der Waals surface area contributed by atoms with Crippen LogP contribution in [0, 0.1) is 0 Å². The molecule has 9 heteroatoms. The molecule has 0 aromatic carbocycles. The summed E-state index contributed by atoms with van der Waals surface area (Å²) in [7, 11) is 3.60. The summed E-state index contributed by atoms with van der Waals surface area (Å²) < 4.78 is 0. The number of carbonyl (C=O) groups is 1. The van der Waals surface area contributed by atoms with E-state index in [1.54, 1.807) is 23.9 Å². The third kappa shape index (κ3) is 3.91. The molecule has 0 saturated heterocycles. The van der Waals surface area contributed by atoms with Gasteiger partial charge in [-0.2, -0.15) is 15.0 Å². The zero-order valence-corrected chi connectivity index (χ0v) is 11.6. The Morgan fingerprint density at radius 3 is 2.26 bits per heavy atom. The molecule has 0 radical (unpaired) electrons. The van der Waals surface area contributed by atoms with Crippen LogP contribution in [0.25, 0.3) is 0 Å². The fourth-order valence-corrected chi connectivity index (χ4v) is 1.40. The van der Waals surface area contributed by atoms with Crippen molar-refractivity contribution in [1.29, 1.82) is 0 Å². The number of anilines is 3. The summed E-state index contributed by atoms with van der Waals surface area (Å²) in [5.41, 5.74) is 7.61. The first kappa shape index (κ1) is 14.9. The quantitative estimate of drug-likeness (QED) is 0.439. The predicted octanol–water partition coefficient (Wildman–Crippen LogP) is -1.08. The van der Waals surface area contributed by atoms with Crippen LogP contribution in [-0.2, 0) is 4.79 Å². The number of nitrogens with two attached hydrogens (primary N) is 2. The van der Waals surface area contributed by atoms with Gasteiger partial charge in [-0.15, -0.1) is 0 Å². The standard InChI is InChI=1S/C10H20N8O/c1-6(2)18(5-7(11)19)10-14-8(16-12)13-9(15-10)17(3)4/h6H,5,12H2,1-4H3,(H2,11,19)(H,13,14,15,16). The Labute approximate surface area is 112 Å². The van der Waals surface area contributed by atoms with Crippen molar-refractivity contribution in [1.82, 2.24) is 15.0 Å². The summed E-state index contributed by atoms with van der Waals surface area (Å²) in [4.78, 5) is 27.0. The molecule has 1 rings (SSSR count). The smallest absolute Gasteiger partial charge is 0.243 e. The summed E-state index contributed by atoms with van der Waals surface area (Å²) in [6, 6.07) is 0.00976. The Balaban J connectivity index is 3.21. The molecule has 0 bridgehead atoms. The van der Waals surface area contributed by atoms with Crippen LogP contribution in [0.15, 0.2) is 0 Å². The van der Waals surface area contributed by atoms with Gasteiger partial charge in [0.05, 0.1) is 6.54 Å². The van der Waals surface area contributed by atoms with Gasteiger partial charge in [-0.05, 0) is 13.8 Å². The summed E-state index contributed by atoms with van der Waals surface area (Å²) in [5, 5.41) is 0. The highest BCUT2D eigenvalue weighted by molar-refractivity contribution is 5.79. The molecule has 5 N–H and O–H groups in total. The van der Waals surface area contributed by atoms with Crippen molar-refractivity contribution in [2.75, 3.05) is 35.9 Å². The third-order valence-electron chi connectivity index (χ3n) is 2.35. The second-order valence-corrected chi connectivity index (χ2v) is 4.49. The van der Waals surface area contributed by atoms with Gasteiger partial charge in [-0.1, -0.05) is 0 Å². The van der Waals surface area contributed by atoms with E-state index in [9.17, 15) is 4.79 Å². The second kappa shape index (κ2) is 6.14. The molecule has 0 aliphatic heterocycles. The molecule has 1 amide bonds. The number of nitrogens with one attached hydrogen (secondary N) is 1. The van der Waals surface area contributed by atoms with Crippen LogP contribution in [0.4, 0.5) is 17.8 Å². The van der Waals surface area contributed by atoms with E-state index in [2.05, 4.69) is 20.4 Å². The lowest BCUT2D eigenvalue weighted by Crippen LogP contribution is -2.40. The minimum Gasteiger partial charge on any atom is -0.368 e. The van der Waals surface area contributed by atoms with Crippen LogP contribution in [-0.4, -0.2) is 47.5 Å². The van der Waals surface area contributed by atoms with Crippen LogP contribution in [0.1, 0.15) is 13.8 Å². The van der Waals surface area contributed by atoms with Gasteiger partial charge >= 0.3 is 0 Å². The van der Waals surface area contributed by atoms with Crippen molar-refractivity contribution in [2.45, 2.75) is 19.9 Å². The third-order valence-corrected chi connectivity index (χ3v) is 2.35. The molecule has 1 heterocycles. The van der Waals surface area contributed by atoms with Gasteiger partial charge < -0.3 is 15.5 Å². The molecule has 19 heavy (non-hydrogen) atoms. The number of nitrogen functional groups attached to an aromatic ring is 1. The van der Waals surface area contributed by atoms with Crippen molar-refractivity contribution in [3.63, 3.8) is 0 Å². The Hall–Kier alpha value is -2.16. The summed E-state index contributed by atoms with van der Waals surface area (Å²) in [5.74, 6) is 5.89. The maximum Gasteiger partial charge on any atom is 0.243 e. The van der Waals surface area contributed by atoms with Crippen LogP contribution in [0.3, 0.4) is 0 Å². The highest BCUT2D eigenvalue weighted by atomic mass is 16.1. The minimum absolute atomic E-state index is 0.00976. The molecule has 0 aliphatic rings. The van der Waals surface area contributed by atoms with Gasteiger partial charge in [0.2, 0.25) is 23.8 Å². The number of hydrogen-bond donors (Lipinski definition) is 3. The Kier molecular flexibility index (Phi) is 4.81. The molecule has 0 aliphatic carbocycles. The predicted molar refractivity (Wildman–Crippen MR) is 73.6 cm³/mol. The Morgan fingerprint density at radius 1 is 1.26 bits per heavy atom. The van der Waals surface area contributed by atoms with Gasteiger partial charge in [0.25, 0.3) is 0 Å².